The highest BCUT2D eigenvalue weighted by molar-refractivity contribution is 7.47. The highest BCUT2D eigenvalue weighted by Crippen LogP contribution is 2.43. The average molecular weight is 661 g/mol. The van der Waals surface area contributed by atoms with Crippen molar-refractivity contribution in [3.05, 3.63) is 24.3 Å². The minimum atomic E-state index is -4.35. The van der Waals surface area contributed by atoms with Crippen molar-refractivity contribution in [2.24, 2.45) is 0 Å². The number of esters is 2. The Kier molecular flexibility index (Phi) is 27.7. The van der Waals surface area contributed by atoms with Gasteiger partial charge in [0, 0.05) is 12.8 Å². The molecule has 2 atom stereocenters. The van der Waals surface area contributed by atoms with E-state index in [1.165, 1.54) is 57.8 Å². The second kappa shape index (κ2) is 28.7. The molecule has 0 saturated carbocycles. The first-order chi connectivity index (χ1) is 21.5. The fourth-order valence-corrected chi connectivity index (χ4v) is 5.11. The van der Waals surface area contributed by atoms with Crippen molar-refractivity contribution in [3.63, 3.8) is 0 Å². The molecule has 0 aromatic rings. The maximum Gasteiger partial charge on any atom is 0.472 e. The van der Waals surface area contributed by atoms with E-state index < -0.39 is 32.5 Å². The van der Waals surface area contributed by atoms with E-state index in [0.29, 0.717) is 23.9 Å². The maximum absolute atomic E-state index is 12.5. The Morgan fingerprint density at radius 1 is 0.689 bits per heavy atom. The van der Waals surface area contributed by atoms with Crippen LogP contribution in [0.3, 0.4) is 0 Å². The third-order valence-corrected chi connectivity index (χ3v) is 8.22. The van der Waals surface area contributed by atoms with Gasteiger partial charge in [-0.3, -0.25) is 18.6 Å². The van der Waals surface area contributed by atoms with Gasteiger partial charge in [0.2, 0.25) is 0 Å². The molecule has 0 aliphatic carbocycles. The van der Waals surface area contributed by atoms with Crippen LogP contribution in [-0.2, 0) is 32.7 Å². The summed E-state index contributed by atoms with van der Waals surface area (Å²) in [5.74, 6) is -0.846. The van der Waals surface area contributed by atoms with E-state index in [1.807, 2.05) is 28.1 Å². The van der Waals surface area contributed by atoms with Crippen LogP contribution < -0.4 is 0 Å². The summed E-state index contributed by atoms with van der Waals surface area (Å²) < 4.78 is 33.6. The van der Waals surface area contributed by atoms with Crippen LogP contribution in [0.1, 0.15) is 136 Å². The van der Waals surface area contributed by atoms with Crippen molar-refractivity contribution in [2.75, 3.05) is 47.5 Å². The molecule has 10 heteroatoms. The highest BCUT2D eigenvalue weighted by atomic mass is 31.2. The second-order valence-electron chi connectivity index (χ2n) is 12.9. The number of phosphoric ester groups is 1. The molecule has 0 aliphatic rings. The summed E-state index contributed by atoms with van der Waals surface area (Å²) >= 11 is 0. The van der Waals surface area contributed by atoms with Gasteiger partial charge in [0.25, 0.3) is 0 Å². The maximum atomic E-state index is 12.5. The number of carbonyl (C=O) groups excluding carboxylic acids is 2. The Hall–Kier alpha value is -1.51. The van der Waals surface area contributed by atoms with Gasteiger partial charge in [0.15, 0.2) is 6.10 Å². The Labute approximate surface area is 275 Å². The minimum absolute atomic E-state index is 0.0307. The van der Waals surface area contributed by atoms with Crippen LogP contribution in [0.4, 0.5) is 0 Å². The second-order valence-corrected chi connectivity index (χ2v) is 14.4. The molecular weight excluding hydrogens is 593 g/mol. The molecule has 0 saturated heterocycles. The van der Waals surface area contributed by atoms with E-state index in [-0.39, 0.29) is 26.1 Å². The molecule has 0 bridgehead atoms. The van der Waals surface area contributed by atoms with E-state index in [4.69, 9.17) is 18.5 Å². The van der Waals surface area contributed by atoms with Gasteiger partial charge in [0.05, 0.1) is 27.7 Å². The standard InChI is InChI=1S/C35H66NO8P/c1-6-8-10-11-12-13-14-15-16-17-18-19-20-21-22-23-24-25-26-28-35(38)44-33(31-41-34(37)27-9-7-2)32-43-45(39,40)42-30-29-36(3,4)5/h12-13,15-16,33H,6-11,14,17-32H2,1-5H3/p+1/b13-12-,16-15-. The zero-order chi connectivity index (χ0) is 33.7. The zero-order valence-electron chi connectivity index (χ0n) is 29.3. The molecule has 0 spiro atoms. The number of carbonyl (C=O) groups is 2. The summed E-state index contributed by atoms with van der Waals surface area (Å²) in [6.45, 7) is 4.11. The van der Waals surface area contributed by atoms with Crippen molar-refractivity contribution >= 4 is 19.8 Å². The highest BCUT2D eigenvalue weighted by Gasteiger charge is 2.27. The van der Waals surface area contributed by atoms with Crippen molar-refractivity contribution in [1.29, 1.82) is 0 Å². The summed E-state index contributed by atoms with van der Waals surface area (Å²) in [7, 11) is 1.47. The van der Waals surface area contributed by atoms with Crippen LogP contribution in [0.15, 0.2) is 24.3 Å². The van der Waals surface area contributed by atoms with Crippen molar-refractivity contribution < 1.29 is 42.1 Å². The molecule has 264 valence electrons. The van der Waals surface area contributed by atoms with Crippen LogP contribution in [-0.4, -0.2) is 74.9 Å². The van der Waals surface area contributed by atoms with Crippen molar-refractivity contribution in [2.45, 2.75) is 142 Å². The molecule has 0 rings (SSSR count). The topological polar surface area (TPSA) is 108 Å². The van der Waals surface area contributed by atoms with Gasteiger partial charge in [-0.15, -0.1) is 0 Å². The lowest BCUT2D eigenvalue weighted by molar-refractivity contribution is -0.870. The number of allylic oxidation sites excluding steroid dienone is 4. The number of hydrogen-bond acceptors (Lipinski definition) is 7. The Morgan fingerprint density at radius 2 is 1.22 bits per heavy atom. The monoisotopic (exact) mass is 660 g/mol. The molecule has 45 heavy (non-hydrogen) atoms. The largest absolute Gasteiger partial charge is 0.472 e. The number of unbranched alkanes of at least 4 members (excludes halogenated alkanes) is 13. The first kappa shape index (κ1) is 43.5. The van der Waals surface area contributed by atoms with Crippen LogP contribution in [0, 0.1) is 0 Å². The lowest BCUT2D eigenvalue weighted by Gasteiger charge is -2.24. The molecule has 0 fully saturated rings. The van der Waals surface area contributed by atoms with Crippen molar-refractivity contribution in [3.8, 4) is 0 Å². The lowest BCUT2D eigenvalue weighted by Crippen LogP contribution is -2.37. The lowest BCUT2D eigenvalue weighted by atomic mass is 10.1. The van der Waals surface area contributed by atoms with Gasteiger partial charge < -0.3 is 18.9 Å². The molecule has 0 aromatic heterocycles. The van der Waals surface area contributed by atoms with Gasteiger partial charge in [-0.2, -0.15) is 0 Å². The minimum Gasteiger partial charge on any atom is -0.462 e. The number of likely N-dealkylation sites (N-methyl/N-ethyl adjacent to an activating group) is 1. The molecule has 0 aromatic carbocycles. The number of ether oxygens (including phenoxy) is 2. The molecular formula is C35H67NO8P+. The van der Waals surface area contributed by atoms with E-state index in [0.717, 1.165) is 38.5 Å². The van der Waals surface area contributed by atoms with Gasteiger partial charge in [-0.25, -0.2) is 4.57 Å². The number of nitrogens with zero attached hydrogens (tertiary/aromatic N) is 1. The molecule has 2 unspecified atom stereocenters. The molecule has 9 nitrogen and oxygen atoms in total. The summed E-state index contributed by atoms with van der Waals surface area (Å²) in [6, 6.07) is 0. The van der Waals surface area contributed by atoms with Gasteiger partial charge in [-0.1, -0.05) is 102 Å². The van der Waals surface area contributed by atoms with Gasteiger partial charge in [-0.05, 0) is 44.9 Å². The van der Waals surface area contributed by atoms with E-state index in [1.54, 1.807) is 0 Å². The predicted molar refractivity (Wildman–Crippen MR) is 183 cm³/mol. The fourth-order valence-electron chi connectivity index (χ4n) is 4.37. The van der Waals surface area contributed by atoms with Crippen LogP contribution >= 0.6 is 7.82 Å². The molecule has 0 aliphatic heterocycles. The molecule has 1 N–H and O–H groups in total. The Balaban J connectivity index is 4.13. The number of quaternary nitrogens is 1. The first-order valence-corrected chi connectivity index (χ1v) is 19.1. The van der Waals surface area contributed by atoms with Gasteiger partial charge >= 0.3 is 19.8 Å². The fraction of sp³-hybridized carbons (Fsp3) is 0.829. The zero-order valence-corrected chi connectivity index (χ0v) is 30.2. The summed E-state index contributed by atoms with van der Waals surface area (Å²) in [6.07, 6.45) is 27.7. The third kappa shape index (κ3) is 32.2. The van der Waals surface area contributed by atoms with E-state index in [2.05, 4.69) is 31.2 Å². The average Bonchev–Trinajstić information content (AvgIpc) is 2.97. The summed E-state index contributed by atoms with van der Waals surface area (Å²) in [5.41, 5.74) is 0. The van der Waals surface area contributed by atoms with Gasteiger partial charge in [0.1, 0.15) is 19.8 Å². The number of phosphoric acid groups is 1. The van der Waals surface area contributed by atoms with E-state index >= 15 is 0 Å². The summed E-state index contributed by atoms with van der Waals surface area (Å²) in [4.78, 5) is 34.4. The predicted octanol–water partition coefficient (Wildman–Crippen LogP) is 8.85. The third-order valence-electron chi connectivity index (χ3n) is 7.23. The molecule has 0 amide bonds. The molecule has 0 radical (unpaired) electrons. The Morgan fingerprint density at radius 3 is 1.80 bits per heavy atom. The SMILES string of the molecule is CCCCC/C=C\C/C=C\CCCCCCCCCCCC(=O)OC(COC(=O)CCCC)COP(=O)(O)OCC[N+](C)(C)C. The number of rotatable bonds is 31. The van der Waals surface area contributed by atoms with Crippen LogP contribution in [0.5, 0.6) is 0 Å². The number of hydrogen-bond donors (Lipinski definition) is 1. The van der Waals surface area contributed by atoms with Crippen LogP contribution in [0.25, 0.3) is 0 Å². The molecule has 0 heterocycles. The van der Waals surface area contributed by atoms with Crippen LogP contribution in [0.2, 0.25) is 0 Å². The van der Waals surface area contributed by atoms with E-state index in [9.17, 15) is 19.0 Å². The normalized spacial score (nSPS) is 14.2. The Bertz CT molecular complexity index is 840. The smallest absolute Gasteiger partial charge is 0.462 e. The quantitative estimate of drug-likeness (QED) is 0.0258. The summed E-state index contributed by atoms with van der Waals surface area (Å²) in [5, 5.41) is 0. The van der Waals surface area contributed by atoms with Crippen molar-refractivity contribution in [1.82, 2.24) is 0 Å². The first-order valence-electron chi connectivity index (χ1n) is 17.6.